The van der Waals surface area contributed by atoms with E-state index in [1.165, 1.54) is 60.2 Å². The summed E-state index contributed by atoms with van der Waals surface area (Å²) < 4.78 is 41.6. The molecule has 1 aromatic heterocycles. The predicted molar refractivity (Wildman–Crippen MR) is 85.2 cm³/mol. The van der Waals surface area contributed by atoms with E-state index < -0.39 is 7.25 Å². The Kier molecular flexibility index (Phi) is 4.40. The summed E-state index contributed by atoms with van der Waals surface area (Å²) in [6.45, 7) is 2.40. The largest absolute Gasteiger partial charge is 0.673 e. The van der Waals surface area contributed by atoms with Crippen molar-refractivity contribution in [3.63, 3.8) is 0 Å². The smallest absolute Gasteiger partial charge is 0.418 e. The molecule has 0 bridgehead atoms. The van der Waals surface area contributed by atoms with Crippen molar-refractivity contribution < 1.29 is 21.8 Å². The first-order valence-electron chi connectivity index (χ1n) is 7.61. The summed E-state index contributed by atoms with van der Waals surface area (Å²) in [7, 11) is -6.00. The predicted octanol–water partition coefficient (Wildman–Crippen LogP) is 4.66. The summed E-state index contributed by atoms with van der Waals surface area (Å²) >= 11 is 6.12. The lowest BCUT2D eigenvalue weighted by Crippen LogP contribution is -2.33. The standard InChI is InChI=1S/C15H15ClN2.BF4/c16-10-4-5-13-12(9-10)11-6-8-18-7-2-1-3-14(18)15(11)17-13;2-1(3,4)5/h4-5,9H,1-3,6-8H2;/q;-1/p+1. The molecule has 0 saturated heterocycles. The van der Waals surface area contributed by atoms with Crippen LogP contribution in [-0.2, 0) is 6.42 Å². The molecule has 8 heteroatoms. The number of nitrogens with one attached hydrogen (secondary N) is 1. The average Bonchev–Trinajstić information content (AvgIpc) is 2.84. The van der Waals surface area contributed by atoms with Crippen LogP contribution in [0.3, 0.4) is 0 Å². The zero-order valence-corrected chi connectivity index (χ0v) is 13.1. The summed E-state index contributed by atoms with van der Waals surface area (Å²) in [5.74, 6) is 0. The van der Waals surface area contributed by atoms with Gasteiger partial charge in [0, 0.05) is 35.2 Å². The first-order chi connectivity index (χ1) is 10.8. The van der Waals surface area contributed by atoms with Gasteiger partial charge in [-0.1, -0.05) is 11.6 Å². The third-order valence-electron chi connectivity index (χ3n) is 4.26. The number of benzene rings is 1. The number of H-pyrrole nitrogens is 1. The molecule has 23 heavy (non-hydrogen) atoms. The van der Waals surface area contributed by atoms with Crippen LogP contribution >= 0.6 is 11.6 Å². The summed E-state index contributed by atoms with van der Waals surface area (Å²) in [4.78, 5) is 3.61. The maximum absolute atomic E-state index is 9.75. The SMILES string of the molecule is Clc1ccc2[nH]c3c(c2c1)CC[N+]1=C3CCCC1.F[B-](F)(F)F. The lowest BCUT2D eigenvalue weighted by Gasteiger charge is -2.19. The Labute approximate surface area is 136 Å². The van der Waals surface area contributed by atoms with Gasteiger partial charge in [-0.05, 0) is 30.2 Å². The Morgan fingerprint density at radius 1 is 1.04 bits per heavy atom. The van der Waals surface area contributed by atoms with Crippen molar-refractivity contribution in [3.8, 4) is 0 Å². The van der Waals surface area contributed by atoms with Crippen molar-refractivity contribution in [2.24, 2.45) is 0 Å². The van der Waals surface area contributed by atoms with Gasteiger partial charge in [0.05, 0.1) is 0 Å². The van der Waals surface area contributed by atoms with E-state index in [-0.39, 0.29) is 0 Å². The molecule has 0 saturated carbocycles. The van der Waals surface area contributed by atoms with Gasteiger partial charge in [0.25, 0.3) is 0 Å². The summed E-state index contributed by atoms with van der Waals surface area (Å²) in [6, 6.07) is 6.17. The van der Waals surface area contributed by atoms with E-state index in [9.17, 15) is 17.3 Å². The molecule has 3 heterocycles. The molecule has 4 rings (SSSR count). The molecule has 2 aromatic rings. The van der Waals surface area contributed by atoms with Crippen molar-refractivity contribution in [2.75, 3.05) is 13.1 Å². The zero-order valence-electron chi connectivity index (χ0n) is 12.4. The van der Waals surface area contributed by atoms with E-state index >= 15 is 0 Å². The molecule has 2 aliphatic rings. The summed E-state index contributed by atoms with van der Waals surface area (Å²) in [6.07, 6.45) is 5.01. The molecule has 0 aliphatic carbocycles. The minimum Gasteiger partial charge on any atom is -0.418 e. The van der Waals surface area contributed by atoms with Crippen molar-refractivity contribution in [1.29, 1.82) is 0 Å². The maximum Gasteiger partial charge on any atom is 0.673 e. The van der Waals surface area contributed by atoms with Crippen LogP contribution in [0.15, 0.2) is 18.2 Å². The normalized spacial score (nSPS) is 17.4. The van der Waals surface area contributed by atoms with Crippen LogP contribution in [0.4, 0.5) is 17.3 Å². The van der Waals surface area contributed by atoms with Gasteiger partial charge >= 0.3 is 7.25 Å². The number of hydrogen-bond acceptors (Lipinski definition) is 0. The van der Waals surface area contributed by atoms with Crippen LogP contribution in [0.25, 0.3) is 10.9 Å². The van der Waals surface area contributed by atoms with Crippen molar-refractivity contribution in [2.45, 2.75) is 25.7 Å². The molecule has 0 fully saturated rings. The fraction of sp³-hybridized carbons (Fsp3) is 0.400. The second-order valence-corrected chi connectivity index (χ2v) is 6.24. The highest BCUT2D eigenvalue weighted by Crippen LogP contribution is 2.30. The Morgan fingerprint density at radius 2 is 1.78 bits per heavy atom. The van der Waals surface area contributed by atoms with E-state index in [1.807, 2.05) is 6.07 Å². The quantitative estimate of drug-likeness (QED) is 0.406. The molecule has 2 aliphatic heterocycles. The minimum absolute atomic E-state index is 0.834. The average molecular weight is 347 g/mol. The molecule has 1 aromatic carbocycles. The van der Waals surface area contributed by atoms with Gasteiger partial charge in [-0.2, -0.15) is 0 Å². The molecule has 0 atom stereocenters. The van der Waals surface area contributed by atoms with E-state index in [0.717, 1.165) is 11.4 Å². The number of rotatable bonds is 0. The molecule has 124 valence electrons. The van der Waals surface area contributed by atoms with Crippen LogP contribution in [-0.4, -0.2) is 35.6 Å². The second kappa shape index (κ2) is 6.19. The Hall–Kier alpha value is -1.50. The zero-order chi connectivity index (χ0) is 16.6. The van der Waals surface area contributed by atoms with Crippen molar-refractivity contribution in [3.05, 3.63) is 34.5 Å². The van der Waals surface area contributed by atoms with Crippen LogP contribution in [0.5, 0.6) is 0 Å². The van der Waals surface area contributed by atoms with Gasteiger partial charge < -0.3 is 22.2 Å². The van der Waals surface area contributed by atoms with Crippen LogP contribution in [0.1, 0.15) is 30.5 Å². The number of aromatic amines is 1. The highest BCUT2D eigenvalue weighted by molar-refractivity contribution is 6.50. The van der Waals surface area contributed by atoms with Gasteiger partial charge in [-0.15, -0.1) is 0 Å². The minimum atomic E-state index is -6.00. The molecule has 0 radical (unpaired) electrons. The maximum atomic E-state index is 9.75. The number of hydrogen-bond donors (Lipinski definition) is 1. The van der Waals surface area contributed by atoms with Gasteiger partial charge in [0.2, 0.25) is 0 Å². The van der Waals surface area contributed by atoms with Gasteiger partial charge in [0.15, 0.2) is 5.71 Å². The lowest BCUT2D eigenvalue weighted by atomic mass is 9.96. The molecular weight excluding hydrogens is 330 g/mol. The molecule has 0 unspecified atom stereocenters. The Morgan fingerprint density at radius 3 is 2.52 bits per heavy atom. The van der Waals surface area contributed by atoms with Gasteiger partial charge in [0.1, 0.15) is 18.8 Å². The molecule has 0 spiro atoms. The molecule has 0 amide bonds. The fourth-order valence-electron chi connectivity index (χ4n) is 3.39. The Bertz CT molecular complexity index is 761. The number of halogens is 5. The number of aromatic nitrogens is 1. The van der Waals surface area contributed by atoms with E-state index in [2.05, 4.69) is 21.7 Å². The third-order valence-corrected chi connectivity index (χ3v) is 4.50. The first kappa shape index (κ1) is 16.4. The van der Waals surface area contributed by atoms with Crippen LogP contribution < -0.4 is 0 Å². The number of fused-ring (bicyclic) bond motifs is 4. The van der Waals surface area contributed by atoms with Crippen LogP contribution in [0.2, 0.25) is 5.02 Å². The molecule has 1 N–H and O–H groups in total. The lowest BCUT2D eigenvalue weighted by molar-refractivity contribution is -0.533. The molecule has 2 nitrogen and oxygen atoms in total. The first-order valence-corrected chi connectivity index (χ1v) is 7.99. The van der Waals surface area contributed by atoms with Gasteiger partial charge in [-0.25, -0.2) is 4.58 Å². The molecular formula is C15H16BClF4N2. The van der Waals surface area contributed by atoms with Crippen molar-refractivity contribution in [1.82, 2.24) is 4.98 Å². The van der Waals surface area contributed by atoms with Gasteiger partial charge in [-0.3, -0.25) is 0 Å². The fourth-order valence-corrected chi connectivity index (χ4v) is 3.56. The Balaban J connectivity index is 0.000000276. The van der Waals surface area contributed by atoms with E-state index in [4.69, 9.17) is 11.6 Å². The van der Waals surface area contributed by atoms with E-state index in [1.54, 1.807) is 0 Å². The second-order valence-electron chi connectivity index (χ2n) is 5.80. The highest BCUT2D eigenvalue weighted by Gasteiger charge is 2.30. The van der Waals surface area contributed by atoms with E-state index in [0.29, 0.717) is 0 Å². The van der Waals surface area contributed by atoms with Crippen molar-refractivity contribution >= 4 is 35.5 Å². The number of nitrogens with zero attached hydrogens (tertiary/aromatic N) is 1. The monoisotopic (exact) mass is 346 g/mol. The topological polar surface area (TPSA) is 18.8 Å². The summed E-state index contributed by atoms with van der Waals surface area (Å²) in [5, 5.41) is 2.15. The van der Waals surface area contributed by atoms with Crippen LogP contribution in [0, 0.1) is 0 Å². The summed E-state index contributed by atoms with van der Waals surface area (Å²) in [5.41, 5.74) is 5.60. The highest BCUT2D eigenvalue weighted by atomic mass is 35.5. The third kappa shape index (κ3) is 3.71.